The van der Waals surface area contributed by atoms with E-state index in [1.54, 1.807) is 35.4 Å². The highest BCUT2D eigenvalue weighted by Gasteiger charge is 2.33. The molecule has 2 aromatic carbocycles. The first kappa shape index (κ1) is 20.4. The largest absolute Gasteiger partial charge is 0.383 e. The first-order chi connectivity index (χ1) is 15.6. The monoisotopic (exact) mass is 431 g/mol. The molecule has 0 N–H and O–H groups in total. The van der Waals surface area contributed by atoms with E-state index < -0.39 is 0 Å². The number of ether oxygens (including phenoxy) is 1. The van der Waals surface area contributed by atoms with E-state index in [1.165, 1.54) is 0 Å². The summed E-state index contributed by atoms with van der Waals surface area (Å²) in [6.07, 6.45) is 1.74. The molecule has 2 aromatic heterocycles. The molecule has 8 heteroatoms. The van der Waals surface area contributed by atoms with Crippen molar-refractivity contribution in [1.29, 1.82) is 0 Å². The quantitative estimate of drug-likeness (QED) is 0.483. The molecule has 1 aliphatic heterocycles. The molecule has 164 valence electrons. The van der Waals surface area contributed by atoms with Crippen molar-refractivity contribution in [1.82, 2.24) is 19.1 Å². The Kier molecular flexibility index (Phi) is 5.22. The number of benzene rings is 2. The summed E-state index contributed by atoms with van der Waals surface area (Å²) in [7, 11) is 3.37. The van der Waals surface area contributed by atoms with Crippen LogP contribution in [0.4, 0.5) is 5.95 Å². The molecular weight excluding hydrogens is 406 g/mol. The Bertz CT molecular complexity index is 1430. The molecule has 0 amide bonds. The molecule has 4 aromatic rings. The Hall–Kier alpha value is -3.52. The number of methoxy groups -OCH3 is 1. The molecule has 0 saturated carbocycles. The summed E-state index contributed by atoms with van der Waals surface area (Å²) < 4.78 is 8.58. The summed E-state index contributed by atoms with van der Waals surface area (Å²) in [5.74, 6) is 1.28. The minimum Gasteiger partial charge on any atom is -0.383 e. The van der Waals surface area contributed by atoms with E-state index in [0.717, 1.165) is 19.4 Å². The average Bonchev–Trinajstić information content (AvgIpc) is 3.30. The van der Waals surface area contributed by atoms with Gasteiger partial charge in [0.2, 0.25) is 5.95 Å². The molecule has 1 atom stereocenters. The van der Waals surface area contributed by atoms with E-state index >= 15 is 0 Å². The smallest absolute Gasteiger partial charge is 0.262 e. The molecule has 0 spiro atoms. The fourth-order valence-corrected chi connectivity index (χ4v) is 4.58. The molecule has 0 aliphatic carbocycles. The van der Waals surface area contributed by atoms with Gasteiger partial charge in [-0.3, -0.25) is 18.7 Å². The molecule has 0 bridgehead atoms. The number of rotatable bonds is 5. The number of aromatic nitrogens is 4. The first-order valence-electron chi connectivity index (χ1n) is 10.8. The second kappa shape index (κ2) is 8.20. The zero-order valence-electron chi connectivity index (χ0n) is 18.2. The van der Waals surface area contributed by atoms with Crippen LogP contribution in [0.5, 0.6) is 0 Å². The van der Waals surface area contributed by atoms with Crippen molar-refractivity contribution in [3.8, 4) is 0 Å². The highest BCUT2D eigenvalue weighted by molar-refractivity contribution is 5.79. The summed E-state index contributed by atoms with van der Waals surface area (Å²) in [6, 6.07) is 14.6. The maximum Gasteiger partial charge on any atom is 0.262 e. The van der Waals surface area contributed by atoms with Crippen LogP contribution in [0.3, 0.4) is 0 Å². The van der Waals surface area contributed by atoms with Gasteiger partial charge in [0, 0.05) is 20.7 Å². The molecule has 1 saturated heterocycles. The van der Waals surface area contributed by atoms with Crippen molar-refractivity contribution in [2.45, 2.75) is 25.4 Å². The van der Waals surface area contributed by atoms with E-state index in [1.807, 2.05) is 36.4 Å². The van der Waals surface area contributed by atoms with E-state index in [9.17, 15) is 9.59 Å². The van der Waals surface area contributed by atoms with Crippen molar-refractivity contribution in [3.05, 3.63) is 75.1 Å². The minimum atomic E-state index is -0.163. The number of hydrogen-bond acceptors (Lipinski definition) is 6. The van der Waals surface area contributed by atoms with Gasteiger partial charge in [0.1, 0.15) is 5.82 Å². The van der Waals surface area contributed by atoms with Gasteiger partial charge >= 0.3 is 0 Å². The first-order valence-corrected chi connectivity index (χ1v) is 10.8. The molecule has 3 heterocycles. The van der Waals surface area contributed by atoms with Crippen LogP contribution in [-0.2, 0) is 18.3 Å². The molecular formula is C24H25N5O3. The lowest BCUT2D eigenvalue weighted by Gasteiger charge is -2.28. The van der Waals surface area contributed by atoms with Gasteiger partial charge in [0.05, 0.1) is 41.0 Å². The number of anilines is 1. The zero-order chi connectivity index (χ0) is 22.2. The van der Waals surface area contributed by atoms with Crippen LogP contribution in [0.1, 0.15) is 24.7 Å². The van der Waals surface area contributed by atoms with Gasteiger partial charge < -0.3 is 9.64 Å². The van der Waals surface area contributed by atoms with Crippen LogP contribution < -0.4 is 16.0 Å². The third-order valence-corrected chi connectivity index (χ3v) is 6.18. The maximum absolute atomic E-state index is 13.3. The lowest BCUT2D eigenvalue weighted by molar-refractivity contribution is 0.184. The Balaban J connectivity index is 1.69. The number of fused-ring (bicyclic) bond motifs is 2. The Morgan fingerprint density at radius 2 is 1.62 bits per heavy atom. The summed E-state index contributed by atoms with van der Waals surface area (Å²) in [6.45, 7) is 1.56. The highest BCUT2D eigenvalue weighted by Crippen LogP contribution is 2.34. The zero-order valence-corrected chi connectivity index (χ0v) is 18.2. The fraction of sp³-hybridized carbons (Fsp3) is 0.333. The van der Waals surface area contributed by atoms with Crippen LogP contribution >= 0.6 is 0 Å². The van der Waals surface area contributed by atoms with Gasteiger partial charge in [0.15, 0.2) is 0 Å². The number of nitrogens with zero attached hydrogens (tertiary/aromatic N) is 5. The van der Waals surface area contributed by atoms with Crippen molar-refractivity contribution < 1.29 is 4.74 Å². The van der Waals surface area contributed by atoms with E-state index in [0.29, 0.717) is 46.7 Å². The van der Waals surface area contributed by atoms with Crippen LogP contribution in [0.2, 0.25) is 0 Å². The Morgan fingerprint density at radius 3 is 2.34 bits per heavy atom. The lowest BCUT2D eigenvalue weighted by Crippen LogP contribution is -2.36. The van der Waals surface area contributed by atoms with Gasteiger partial charge in [-0.15, -0.1) is 0 Å². The summed E-state index contributed by atoms with van der Waals surface area (Å²) in [4.78, 5) is 38.2. The molecule has 1 unspecified atom stereocenters. The van der Waals surface area contributed by atoms with Gasteiger partial charge in [0.25, 0.3) is 11.1 Å². The number of para-hydroxylation sites is 2. The predicted octanol–water partition coefficient (Wildman–Crippen LogP) is 2.63. The minimum absolute atomic E-state index is 0.0742. The van der Waals surface area contributed by atoms with E-state index in [-0.39, 0.29) is 17.2 Å². The number of hydrogen-bond donors (Lipinski definition) is 0. The molecule has 5 rings (SSSR count). The maximum atomic E-state index is 13.3. The SMILES string of the molecule is COCCn1c(C2CCCN2c2nc3ccccc3c(=O)n2C)nc2ccccc2c1=O. The van der Waals surface area contributed by atoms with Crippen molar-refractivity contribution in [2.24, 2.45) is 7.05 Å². The normalized spacial score (nSPS) is 16.3. The Morgan fingerprint density at radius 1 is 0.969 bits per heavy atom. The van der Waals surface area contributed by atoms with Gasteiger partial charge in [-0.05, 0) is 37.1 Å². The lowest BCUT2D eigenvalue weighted by atomic mass is 10.1. The average molecular weight is 431 g/mol. The molecule has 1 aliphatic rings. The fourth-order valence-electron chi connectivity index (χ4n) is 4.58. The van der Waals surface area contributed by atoms with Crippen LogP contribution in [0.25, 0.3) is 21.8 Å². The summed E-state index contributed by atoms with van der Waals surface area (Å²) >= 11 is 0. The second-order valence-electron chi connectivity index (χ2n) is 8.08. The van der Waals surface area contributed by atoms with E-state index in [4.69, 9.17) is 14.7 Å². The van der Waals surface area contributed by atoms with Gasteiger partial charge in [-0.25, -0.2) is 9.97 Å². The molecule has 8 nitrogen and oxygen atoms in total. The van der Waals surface area contributed by atoms with Crippen LogP contribution in [0.15, 0.2) is 58.1 Å². The van der Waals surface area contributed by atoms with Crippen molar-refractivity contribution in [2.75, 3.05) is 25.2 Å². The molecule has 0 radical (unpaired) electrons. The Labute approximate surface area is 184 Å². The van der Waals surface area contributed by atoms with Crippen molar-refractivity contribution >= 4 is 27.8 Å². The summed E-state index contributed by atoms with van der Waals surface area (Å²) in [5.41, 5.74) is 1.18. The van der Waals surface area contributed by atoms with Crippen LogP contribution in [0, 0.1) is 0 Å². The van der Waals surface area contributed by atoms with Gasteiger partial charge in [-0.2, -0.15) is 0 Å². The van der Waals surface area contributed by atoms with E-state index in [2.05, 4.69) is 4.90 Å². The molecule has 32 heavy (non-hydrogen) atoms. The topological polar surface area (TPSA) is 82.2 Å². The predicted molar refractivity (Wildman–Crippen MR) is 124 cm³/mol. The van der Waals surface area contributed by atoms with Crippen molar-refractivity contribution in [3.63, 3.8) is 0 Å². The summed E-state index contributed by atoms with van der Waals surface area (Å²) in [5, 5.41) is 1.18. The third-order valence-electron chi connectivity index (χ3n) is 6.18. The standard InChI is InChI=1S/C24H25N5O3/c1-27-22(30)16-8-3-6-11-19(16)26-24(27)28-13-7-12-20(28)21-25-18-10-5-4-9-17(18)23(31)29(21)14-15-32-2/h3-6,8-11,20H,7,12-15H2,1-2H3. The second-order valence-corrected chi connectivity index (χ2v) is 8.08. The molecule has 1 fully saturated rings. The van der Waals surface area contributed by atoms with Crippen LogP contribution in [-0.4, -0.2) is 39.4 Å². The highest BCUT2D eigenvalue weighted by atomic mass is 16.5. The van der Waals surface area contributed by atoms with Gasteiger partial charge in [-0.1, -0.05) is 24.3 Å². The third kappa shape index (κ3) is 3.27.